The Balaban J connectivity index is 2.18. The van der Waals surface area contributed by atoms with Crippen LogP contribution in [0.3, 0.4) is 0 Å². The van der Waals surface area contributed by atoms with E-state index in [2.05, 4.69) is 5.32 Å². The van der Waals surface area contributed by atoms with E-state index in [1.165, 1.54) is 16.7 Å². The third kappa shape index (κ3) is 2.18. The van der Waals surface area contributed by atoms with Crippen LogP contribution in [-0.4, -0.2) is 29.0 Å². The van der Waals surface area contributed by atoms with E-state index in [4.69, 9.17) is 0 Å². The Bertz CT molecular complexity index is 649. The summed E-state index contributed by atoms with van der Waals surface area (Å²) in [6.45, 7) is 0. The molecular weight excluding hydrogens is 296 g/mol. The van der Waals surface area contributed by atoms with Gasteiger partial charge in [-0.3, -0.25) is 9.69 Å². The van der Waals surface area contributed by atoms with Gasteiger partial charge in [-0.15, -0.1) is 11.8 Å². The van der Waals surface area contributed by atoms with Crippen LogP contribution in [0.15, 0.2) is 60.7 Å². The fourth-order valence-electron chi connectivity index (χ4n) is 2.76. The molecule has 0 spiro atoms. The minimum Gasteiger partial charge on any atom is -0.315 e. The second-order valence-electron chi connectivity index (χ2n) is 5.06. The van der Waals surface area contributed by atoms with Crippen LogP contribution in [0.5, 0.6) is 0 Å². The molecule has 1 heterocycles. The summed E-state index contributed by atoms with van der Waals surface area (Å²) in [7, 11) is 0. The van der Waals surface area contributed by atoms with Gasteiger partial charge in [-0.25, -0.2) is 4.79 Å². The van der Waals surface area contributed by atoms with Crippen LogP contribution >= 0.6 is 11.8 Å². The highest BCUT2D eigenvalue weighted by molar-refractivity contribution is 7.98. The molecule has 1 aliphatic heterocycles. The second-order valence-corrected chi connectivity index (χ2v) is 5.90. The molecule has 0 atom stereocenters. The number of nitrogens with zero attached hydrogens (tertiary/aromatic N) is 1. The van der Waals surface area contributed by atoms with Crippen molar-refractivity contribution in [1.29, 1.82) is 0 Å². The molecule has 0 radical (unpaired) electrons. The van der Waals surface area contributed by atoms with Crippen molar-refractivity contribution in [3.05, 3.63) is 71.8 Å². The molecule has 22 heavy (non-hydrogen) atoms. The molecule has 0 aromatic heterocycles. The zero-order valence-corrected chi connectivity index (χ0v) is 13.0. The Morgan fingerprint density at radius 1 is 0.955 bits per heavy atom. The molecule has 0 unspecified atom stereocenters. The molecule has 0 saturated carbocycles. The third-order valence-corrected chi connectivity index (χ3v) is 4.29. The lowest BCUT2D eigenvalue weighted by Crippen LogP contribution is -2.45. The van der Waals surface area contributed by atoms with Gasteiger partial charge in [0.15, 0.2) is 5.54 Å². The Morgan fingerprint density at radius 3 is 1.91 bits per heavy atom. The number of rotatable bonds is 4. The molecule has 3 amide bonds. The molecule has 1 fully saturated rings. The van der Waals surface area contributed by atoms with Crippen LogP contribution in [-0.2, 0) is 10.3 Å². The molecule has 0 bridgehead atoms. The highest BCUT2D eigenvalue weighted by Crippen LogP contribution is 2.36. The van der Waals surface area contributed by atoms with E-state index in [9.17, 15) is 9.59 Å². The number of carbonyl (C=O) groups excluding carboxylic acids is 2. The third-order valence-electron chi connectivity index (χ3n) is 3.78. The molecule has 2 aromatic carbocycles. The first-order valence-electron chi connectivity index (χ1n) is 6.94. The topological polar surface area (TPSA) is 49.4 Å². The van der Waals surface area contributed by atoms with E-state index in [0.717, 1.165) is 11.1 Å². The van der Waals surface area contributed by atoms with Gasteiger partial charge < -0.3 is 5.32 Å². The van der Waals surface area contributed by atoms with E-state index in [1.807, 2.05) is 66.9 Å². The number of hydrogen-bond acceptors (Lipinski definition) is 3. The van der Waals surface area contributed by atoms with Crippen LogP contribution in [0, 0.1) is 0 Å². The summed E-state index contributed by atoms with van der Waals surface area (Å²) in [5.74, 6) is 0.107. The molecule has 2 aromatic rings. The van der Waals surface area contributed by atoms with Crippen molar-refractivity contribution in [2.24, 2.45) is 0 Å². The average molecular weight is 312 g/mol. The summed E-state index contributed by atoms with van der Waals surface area (Å²) in [5, 5.41) is 2.91. The fourth-order valence-corrected chi connectivity index (χ4v) is 3.25. The van der Waals surface area contributed by atoms with Crippen molar-refractivity contribution in [2.75, 3.05) is 12.1 Å². The number of benzene rings is 2. The number of thioether (sulfide) groups is 1. The summed E-state index contributed by atoms with van der Waals surface area (Å²) < 4.78 is 0. The number of amides is 3. The summed E-state index contributed by atoms with van der Waals surface area (Å²) in [6.07, 6.45) is 1.87. The Labute approximate surface area is 133 Å². The van der Waals surface area contributed by atoms with Crippen molar-refractivity contribution in [1.82, 2.24) is 10.2 Å². The lowest BCUT2D eigenvalue weighted by molar-refractivity contribution is -0.129. The predicted molar refractivity (Wildman–Crippen MR) is 87.4 cm³/mol. The molecule has 1 aliphatic rings. The molecule has 1 saturated heterocycles. The lowest BCUT2D eigenvalue weighted by atomic mass is 9.83. The molecule has 3 rings (SSSR count). The van der Waals surface area contributed by atoms with Gasteiger partial charge in [0.1, 0.15) is 0 Å². The van der Waals surface area contributed by atoms with E-state index in [-0.39, 0.29) is 11.9 Å². The SMILES string of the molecule is CSCN1C(=O)NC(c2ccccc2)(c2ccccc2)C1=O. The standard InChI is InChI=1S/C17H16N2O2S/c1-22-12-19-15(20)17(18-16(19)21,13-8-4-2-5-9-13)14-10-6-3-7-11-14/h2-11H,12H2,1H3,(H,18,21). The maximum absolute atomic E-state index is 13.1. The first-order chi connectivity index (χ1) is 10.7. The van der Waals surface area contributed by atoms with Gasteiger partial charge >= 0.3 is 6.03 Å². The maximum Gasteiger partial charge on any atom is 0.326 e. The van der Waals surface area contributed by atoms with Crippen molar-refractivity contribution < 1.29 is 9.59 Å². The highest BCUT2D eigenvalue weighted by Gasteiger charge is 2.53. The van der Waals surface area contributed by atoms with Crippen LogP contribution in [0.2, 0.25) is 0 Å². The van der Waals surface area contributed by atoms with Gasteiger partial charge in [-0.2, -0.15) is 0 Å². The van der Waals surface area contributed by atoms with Crippen molar-refractivity contribution in [3.8, 4) is 0 Å². The first kappa shape index (κ1) is 14.7. The zero-order valence-electron chi connectivity index (χ0n) is 12.2. The number of hydrogen-bond donors (Lipinski definition) is 1. The summed E-state index contributed by atoms with van der Waals surface area (Å²) >= 11 is 1.44. The van der Waals surface area contributed by atoms with Gasteiger partial charge in [-0.1, -0.05) is 60.7 Å². The largest absolute Gasteiger partial charge is 0.326 e. The normalized spacial score (nSPS) is 16.7. The molecule has 0 aliphatic carbocycles. The van der Waals surface area contributed by atoms with Gasteiger partial charge in [0.2, 0.25) is 0 Å². The summed E-state index contributed by atoms with van der Waals surface area (Å²) in [5.41, 5.74) is 0.390. The number of nitrogens with one attached hydrogen (secondary N) is 1. The van der Waals surface area contributed by atoms with E-state index < -0.39 is 5.54 Å². The van der Waals surface area contributed by atoms with Gasteiger partial charge in [-0.05, 0) is 17.4 Å². The van der Waals surface area contributed by atoms with Gasteiger partial charge in [0.25, 0.3) is 5.91 Å². The summed E-state index contributed by atoms with van der Waals surface area (Å²) in [4.78, 5) is 26.6. The quantitative estimate of drug-likeness (QED) is 0.883. The number of carbonyl (C=O) groups is 2. The maximum atomic E-state index is 13.1. The Hall–Kier alpha value is -2.27. The number of urea groups is 1. The molecular formula is C17H16N2O2S. The monoisotopic (exact) mass is 312 g/mol. The smallest absolute Gasteiger partial charge is 0.315 e. The van der Waals surface area contributed by atoms with Crippen molar-refractivity contribution >= 4 is 23.7 Å². The Morgan fingerprint density at radius 2 is 1.45 bits per heavy atom. The molecule has 1 N–H and O–H groups in total. The fraction of sp³-hybridized carbons (Fsp3) is 0.176. The molecule has 112 valence electrons. The van der Waals surface area contributed by atoms with E-state index in [0.29, 0.717) is 5.88 Å². The highest BCUT2D eigenvalue weighted by atomic mass is 32.2. The Kier molecular flexibility index (Phi) is 3.90. The predicted octanol–water partition coefficient (Wildman–Crippen LogP) is 2.80. The van der Waals surface area contributed by atoms with Crippen molar-refractivity contribution in [2.45, 2.75) is 5.54 Å². The van der Waals surface area contributed by atoms with Crippen LogP contribution in [0.1, 0.15) is 11.1 Å². The second kappa shape index (κ2) is 5.85. The van der Waals surface area contributed by atoms with Crippen LogP contribution in [0.25, 0.3) is 0 Å². The van der Waals surface area contributed by atoms with E-state index >= 15 is 0 Å². The van der Waals surface area contributed by atoms with Crippen LogP contribution < -0.4 is 5.32 Å². The van der Waals surface area contributed by atoms with Gasteiger partial charge in [0, 0.05) is 0 Å². The first-order valence-corrected chi connectivity index (χ1v) is 8.33. The molecule has 5 heteroatoms. The molecule has 4 nitrogen and oxygen atoms in total. The minimum absolute atomic E-state index is 0.232. The minimum atomic E-state index is -1.14. The summed E-state index contributed by atoms with van der Waals surface area (Å²) in [6, 6.07) is 18.4. The lowest BCUT2D eigenvalue weighted by Gasteiger charge is -2.27. The number of imide groups is 1. The van der Waals surface area contributed by atoms with Crippen molar-refractivity contribution in [3.63, 3.8) is 0 Å². The van der Waals surface area contributed by atoms with E-state index in [1.54, 1.807) is 0 Å². The zero-order chi connectivity index (χ0) is 15.6. The van der Waals surface area contributed by atoms with Gasteiger partial charge in [0.05, 0.1) is 5.88 Å². The average Bonchev–Trinajstić information content (AvgIpc) is 2.82. The van der Waals surface area contributed by atoms with Crippen LogP contribution in [0.4, 0.5) is 4.79 Å².